The standard InChI is InChI=1S/C9H9N5OS.Na/c1-6(15)10-7-3-2-4-8(5-7)14-9(16)11-12-13-14;/h2-5H,1H3,(H,10,15)(H,11,13,16);. The van der Waals surface area contributed by atoms with Crippen LogP contribution in [0.1, 0.15) is 6.92 Å². The fourth-order valence-electron chi connectivity index (χ4n) is 1.27. The van der Waals surface area contributed by atoms with Crippen LogP contribution in [-0.2, 0) is 4.79 Å². The fourth-order valence-corrected chi connectivity index (χ4v) is 1.46. The van der Waals surface area contributed by atoms with Crippen LogP contribution in [0.4, 0.5) is 5.69 Å². The molecule has 0 saturated carbocycles. The number of nitrogens with zero attached hydrogens (tertiary/aromatic N) is 4. The second-order valence-electron chi connectivity index (χ2n) is 3.12. The van der Waals surface area contributed by atoms with E-state index < -0.39 is 0 Å². The van der Waals surface area contributed by atoms with E-state index in [0.29, 0.717) is 10.8 Å². The molecule has 17 heavy (non-hydrogen) atoms. The van der Waals surface area contributed by atoms with Crippen molar-refractivity contribution in [2.24, 2.45) is 0 Å². The molecule has 1 N–H and O–H groups in total. The molecule has 0 unspecified atom stereocenters. The third kappa shape index (κ3) is 3.53. The van der Waals surface area contributed by atoms with Gasteiger partial charge in [-0.25, -0.2) is 0 Å². The van der Waals surface area contributed by atoms with Crippen LogP contribution >= 0.6 is 12.6 Å². The van der Waals surface area contributed by atoms with Gasteiger partial charge in [0.15, 0.2) is 0 Å². The molecule has 2 aromatic rings. The number of benzene rings is 1. The quantitative estimate of drug-likeness (QED) is 0.608. The van der Waals surface area contributed by atoms with Gasteiger partial charge in [0, 0.05) is 42.2 Å². The van der Waals surface area contributed by atoms with E-state index in [1.807, 2.05) is 6.07 Å². The molecule has 8 heteroatoms. The van der Waals surface area contributed by atoms with Gasteiger partial charge in [0.05, 0.1) is 5.69 Å². The van der Waals surface area contributed by atoms with Gasteiger partial charge in [-0.3, -0.25) is 4.79 Å². The number of carbonyl (C=O) groups excluding carboxylic acids is 1. The Balaban J connectivity index is 0.00000144. The maximum absolute atomic E-state index is 10.9. The zero-order valence-electron chi connectivity index (χ0n) is 9.45. The molecule has 0 aliphatic rings. The first-order chi connectivity index (χ1) is 7.66. The number of thiol groups is 1. The van der Waals surface area contributed by atoms with Crippen molar-refractivity contribution >= 4 is 53.8 Å². The molecule has 1 aromatic carbocycles. The summed E-state index contributed by atoms with van der Waals surface area (Å²) in [5.74, 6) is -0.125. The van der Waals surface area contributed by atoms with Crippen LogP contribution in [0.25, 0.3) is 5.69 Å². The van der Waals surface area contributed by atoms with Crippen molar-refractivity contribution in [1.82, 2.24) is 20.2 Å². The van der Waals surface area contributed by atoms with Gasteiger partial charge in [0.1, 0.15) is 0 Å². The van der Waals surface area contributed by atoms with Crippen molar-refractivity contribution in [2.75, 3.05) is 5.32 Å². The molecule has 1 aromatic heterocycles. The summed E-state index contributed by atoms with van der Waals surface area (Å²) in [4.78, 5) is 10.9. The zero-order chi connectivity index (χ0) is 11.5. The molecule has 0 aliphatic heterocycles. The molecule has 0 fully saturated rings. The third-order valence-electron chi connectivity index (χ3n) is 1.86. The van der Waals surface area contributed by atoms with Gasteiger partial charge < -0.3 is 5.32 Å². The van der Waals surface area contributed by atoms with Crippen LogP contribution in [0.15, 0.2) is 29.4 Å². The number of aromatic nitrogens is 4. The van der Waals surface area contributed by atoms with E-state index in [1.54, 1.807) is 18.2 Å². The molecule has 1 heterocycles. The number of rotatable bonds is 2. The van der Waals surface area contributed by atoms with Gasteiger partial charge >= 0.3 is 0 Å². The largest absolute Gasteiger partial charge is 0.326 e. The minimum Gasteiger partial charge on any atom is -0.326 e. The van der Waals surface area contributed by atoms with Crippen molar-refractivity contribution < 1.29 is 4.79 Å². The smallest absolute Gasteiger partial charge is 0.221 e. The number of nitrogens with one attached hydrogen (secondary N) is 1. The van der Waals surface area contributed by atoms with E-state index in [-0.39, 0.29) is 35.5 Å². The van der Waals surface area contributed by atoms with Gasteiger partial charge in [0.25, 0.3) is 0 Å². The first-order valence-corrected chi connectivity index (χ1v) is 4.97. The van der Waals surface area contributed by atoms with E-state index in [9.17, 15) is 4.79 Å². The Kier molecular flexibility index (Phi) is 5.13. The zero-order valence-corrected chi connectivity index (χ0v) is 12.3. The number of carbonyl (C=O) groups is 1. The van der Waals surface area contributed by atoms with Crippen molar-refractivity contribution in [2.45, 2.75) is 12.1 Å². The van der Waals surface area contributed by atoms with Gasteiger partial charge in [-0.2, -0.15) is 4.68 Å². The van der Waals surface area contributed by atoms with Crippen LogP contribution in [-0.4, -0.2) is 55.7 Å². The molecule has 1 amide bonds. The first-order valence-electron chi connectivity index (χ1n) is 4.52. The Labute approximate surface area is 125 Å². The summed E-state index contributed by atoms with van der Waals surface area (Å²) in [6.07, 6.45) is 0. The van der Waals surface area contributed by atoms with Crippen molar-refractivity contribution in [3.8, 4) is 5.69 Å². The van der Waals surface area contributed by atoms with E-state index in [2.05, 4.69) is 33.5 Å². The molecular formula is C9H9N5NaOS. The summed E-state index contributed by atoms with van der Waals surface area (Å²) in [5.41, 5.74) is 1.43. The van der Waals surface area contributed by atoms with Crippen LogP contribution in [0.5, 0.6) is 0 Å². The number of hydrogen-bond donors (Lipinski definition) is 2. The van der Waals surface area contributed by atoms with Gasteiger partial charge in [0.2, 0.25) is 11.1 Å². The van der Waals surface area contributed by atoms with Gasteiger partial charge in [-0.05, 0) is 28.6 Å². The molecule has 83 valence electrons. The topological polar surface area (TPSA) is 72.7 Å². The Bertz CT molecular complexity index is 530. The summed E-state index contributed by atoms with van der Waals surface area (Å²) >= 11 is 4.10. The van der Waals surface area contributed by atoms with E-state index in [1.165, 1.54) is 11.6 Å². The summed E-state index contributed by atoms with van der Waals surface area (Å²) in [5, 5.41) is 14.0. The average molecular weight is 258 g/mol. The average Bonchev–Trinajstić information content (AvgIpc) is 2.64. The summed E-state index contributed by atoms with van der Waals surface area (Å²) in [6.45, 7) is 1.45. The minimum atomic E-state index is -0.125. The molecule has 0 atom stereocenters. The van der Waals surface area contributed by atoms with Crippen LogP contribution in [0, 0.1) is 0 Å². The normalized spacial score (nSPS) is 9.53. The minimum absolute atomic E-state index is 0. The molecule has 0 spiro atoms. The third-order valence-corrected chi connectivity index (χ3v) is 2.14. The fraction of sp³-hybridized carbons (Fsp3) is 0.111. The molecule has 0 bridgehead atoms. The van der Waals surface area contributed by atoms with E-state index in [0.717, 1.165) is 5.69 Å². The van der Waals surface area contributed by atoms with E-state index >= 15 is 0 Å². The summed E-state index contributed by atoms with van der Waals surface area (Å²) < 4.78 is 1.47. The number of hydrogen-bond acceptors (Lipinski definition) is 5. The van der Waals surface area contributed by atoms with E-state index in [4.69, 9.17) is 0 Å². The van der Waals surface area contributed by atoms with Crippen LogP contribution < -0.4 is 5.32 Å². The maximum atomic E-state index is 10.9. The molecule has 2 rings (SSSR count). The summed E-state index contributed by atoms with van der Waals surface area (Å²) in [6, 6.07) is 7.17. The van der Waals surface area contributed by atoms with Crippen molar-refractivity contribution in [3.63, 3.8) is 0 Å². The summed E-state index contributed by atoms with van der Waals surface area (Å²) in [7, 11) is 0. The Morgan fingerprint density at radius 3 is 2.82 bits per heavy atom. The van der Waals surface area contributed by atoms with Gasteiger partial charge in [-0.15, -0.1) is 17.7 Å². The van der Waals surface area contributed by atoms with Crippen LogP contribution in [0.2, 0.25) is 0 Å². The molecule has 0 aliphatic carbocycles. The molecular weight excluding hydrogens is 249 g/mol. The Morgan fingerprint density at radius 1 is 1.47 bits per heavy atom. The monoisotopic (exact) mass is 258 g/mol. The number of amides is 1. The predicted octanol–water partition coefficient (Wildman–Crippen LogP) is 0.529. The SMILES string of the molecule is CC(=O)Nc1cccc(-n2nnnc2S)c1.[Na]. The number of anilines is 1. The van der Waals surface area contributed by atoms with Crippen LogP contribution in [0.3, 0.4) is 0 Å². The Hall–Kier alpha value is -0.890. The second-order valence-corrected chi connectivity index (χ2v) is 3.52. The first kappa shape index (κ1) is 14.2. The predicted molar refractivity (Wildman–Crippen MR) is 66.5 cm³/mol. The number of tetrazole rings is 1. The van der Waals surface area contributed by atoms with Crippen molar-refractivity contribution in [1.29, 1.82) is 0 Å². The second kappa shape index (κ2) is 6.15. The Morgan fingerprint density at radius 2 is 2.24 bits per heavy atom. The molecule has 1 radical (unpaired) electrons. The molecule has 6 nitrogen and oxygen atoms in total. The van der Waals surface area contributed by atoms with Crippen molar-refractivity contribution in [3.05, 3.63) is 24.3 Å². The van der Waals surface area contributed by atoms with Gasteiger partial charge in [-0.1, -0.05) is 6.07 Å². The molecule has 0 saturated heterocycles. The maximum Gasteiger partial charge on any atom is 0.221 e.